The topological polar surface area (TPSA) is 43.0 Å². The van der Waals surface area contributed by atoms with Crippen LogP contribution in [-0.4, -0.2) is 15.0 Å². The second kappa shape index (κ2) is 12.2. The Labute approximate surface area is 316 Å². The molecule has 7 aromatic rings. The molecular formula is C50H38N4. The molecule has 5 aliphatic carbocycles. The number of hydrogen-bond acceptors (Lipinski definition) is 3. The number of benzene rings is 6. The first kappa shape index (κ1) is 31.4. The molecule has 1 spiro atoms. The van der Waals surface area contributed by atoms with E-state index in [9.17, 15) is 0 Å². The largest absolute Gasteiger partial charge is 0.238 e. The highest BCUT2D eigenvalue weighted by Gasteiger charge is 2.61. The van der Waals surface area contributed by atoms with Gasteiger partial charge in [0.05, 0.1) is 6.57 Å². The van der Waals surface area contributed by atoms with Gasteiger partial charge in [-0.3, -0.25) is 0 Å². The first-order chi connectivity index (χ1) is 26.7. The Hall–Kier alpha value is -6.18. The van der Waals surface area contributed by atoms with E-state index in [1.165, 1.54) is 71.0 Å². The fourth-order valence-corrected chi connectivity index (χ4v) is 11.1. The lowest BCUT2D eigenvalue weighted by molar-refractivity contribution is -0.0399. The SMILES string of the molecule is [C-]#[N+]c1ccc(-c2cccc3c2-c2ccc(-c4ccc(-c5nc(-c6ccccc6)nc(-c6ccccc6)n5)cc4)cc2C32C3CC4CC(C3)CC2C4)cc1. The summed E-state index contributed by atoms with van der Waals surface area (Å²) in [5.41, 5.74) is 14.5. The quantitative estimate of drug-likeness (QED) is 0.168. The number of fused-ring (bicyclic) bond motifs is 3. The fraction of sp³-hybridized carbons (Fsp3) is 0.200. The van der Waals surface area contributed by atoms with Crippen molar-refractivity contribution in [3.63, 3.8) is 0 Å². The molecule has 4 bridgehead atoms. The standard InChI is InChI=1S/C50H38N4/c1-51-41-22-19-34(20-23-41)42-13-8-14-44-46(42)43-24-21-38(30-45(43)50(44)39-26-31-25-32(28-39)29-40(50)27-31)33-15-17-37(18-16-33)49-53-47(35-9-4-2-5-10-35)52-48(54-49)36-11-6-3-7-12-36/h2-24,30-32,39-40H,25-29H2. The van der Waals surface area contributed by atoms with E-state index in [0.29, 0.717) is 35.0 Å². The third kappa shape index (κ3) is 4.78. The Morgan fingerprint density at radius 2 is 0.963 bits per heavy atom. The smallest absolute Gasteiger partial charge is 0.187 e. The molecule has 0 unspecified atom stereocenters. The van der Waals surface area contributed by atoms with Gasteiger partial charge in [0.2, 0.25) is 0 Å². The zero-order valence-corrected chi connectivity index (χ0v) is 30.0. The molecule has 0 N–H and O–H groups in total. The number of rotatable bonds is 5. The second-order valence-corrected chi connectivity index (χ2v) is 15.9. The van der Waals surface area contributed by atoms with Gasteiger partial charge in [0.25, 0.3) is 0 Å². The maximum absolute atomic E-state index is 7.50. The van der Waals surface area contributed by atoms with Crippen molar-refractivity contribution in [1.82, 2.24) is 15.0 Å². The van der Waals surface area contributed by atoms with Crippen molar-refractivity contribution in [1.29, 1.82) is 0 Å². The van der Waals surface area contributed by atoms with Crippen molar-refractivity contribution in [2.45, 2.75) is 37.5 Å². The van der Waals surface area contributed by atoms with Crippen LogP contribution >= 0.6 is 0 Å². The molecule has 12 rings (SSSR count). The minimum atomic E-state index is 0.0487. The molecule has 1 heterocycles. The third-order valence-electron chi connectivity index (χ3n) is 13.2. The predicted octanol–water partition coefficient (Wildman–Crippen LogP) is 12.5. The molecule has 0 aliphatic heterocycles. The highest BCUT2D eigenvalue weighted by molar-refractivity contribution is 5.94. The van der Waals surface area contributed by atoms with Crippen LogP contribution in [-0.2, 0) is 5.41 Å². The summed E-state index contributed by atoms with van der Waals surface area (Å²) in [5.74, 6) is 5.12. The van der Waals surface area contributed by atoms with Gasteiger partial charge in [0.15, 0.2) is 23.2 Å². The van der Waals surface area contributed by atoms with Crippen molar-refractivity contribution in [2.24, 2.45) is 23.7 Å². The van der Waals surface area contributed by atoms with Crippen LogP contribution in [0.15, 0.2) is 146 Å². The zero-order chi connectivity index (χ0) is 35.8. The van der Waals surface area contributed by atoms with Gasteiger partial charge in [-0.25, -0.2) is 19.8 Å². The lowest BCUT2D eigenvalue weighted by Crippen LogP contribution is -2.55. The molecule has 258 valence electrons. The van der Waals surface area contributed by atoms with Crippen LogP contribution in [0.2, 0.25) is 0 Å². The molecule has 4 nitrogen and oxygen atoms in total. The Morgan fingerprint density at radius 3 is 1.54 bits per heavy atom. The molecule has 4 heteroatoms. The summed E-state index contributed by atoms with van der Waals surface area (Å²) in [7, 11) is 0. The molecule has 0 radical (unpaired) electrons. The molecule has 0 atom stereocenters. The highest BCUT2D eigenvalue weighted by Crippen LogP contribution is 2.70. The average molecular weight is 695 g/mol. The lowest BCUT2D eigenvalue weighted by Gasteiger charge is -2.61. The van der Waals surface area contributed by atoms with Crippen LogP contribution < -0.4 is 0 Å². The predicted molar refractivity (Wildman–Crippen MR) is 217 cm³/mol. The van der Waals surface area contributed by atoms with Crippen molar-refractivity contribution in [2.75, 3.05) is 0 Å². The minimum Gasteiger partial charge on any atom is -0.238 e. The van der Waals surface area contributed by atoms with Gasteiger partial charge in [-0.1, -0.05) is 140 Å². The van der Waals surface area contributed by atoms with Gasteiger partial charge in [-0.2, -0.15) is 0 Å². The second-order valence-electron chi connectivity index (χ2n) is 15.9. The van der Waals surface area contributed by atoms with Gasteiger partial charge in [-0.05, 0) is 106 Å². The molecule has 4 saturated carbocycles. The van der Waals surface area contributed by atoms with Crippen LogP contribution in [0.1, 0.15) is 43.2 Å². The highest BCUT2D eigenvalue weighted by atomic mass is 15.0. The molecule has 0 amide bonds. The van der Waals surface area contributed by atoms with E-state index in [2.05, 4.69) is 77.6 Å². The van der Waals surface area contributed by atoms with E-state index in [0.717, 1.165) is 28.5 Å². The number of hydrogen-bond donors (Lipinski definition) is 0. The summed E-state index contributed by atoms with van der Waals surface area (Å²) >= 11 is 0. The van der Waals surface area contributed by atoms with Gasteiger partial charge in [-0.15, -0.1) is 0 Å². The number of nitrogens with zero attached hydrogens (tertiary/aromatic N) is 4. The zero-order valence-electron chi connectivity index (χ0n) is 30.0. The van der Waals surface area contributed by atoms with E-state index < -0.39 is 0 Å². The summed E-state index contributed by atoms with van der Waals surface area (Å²) in [6.45, 7) is 7.50. The van der Waals surface area contributed by atoms with Crippen molar-refractivity contribution < 1.29 is 0 Å². The third-order valence-corrected chi connectivity index (χ3v) is 13.2. The van der Waals surface area contributed by atoms with Crippen molar-refractivity contribution in [3.8, 4) is 67.5 Å². The van der Waals surface area contributed by atoms with Gasteiger partial charge < -0.3 is 0 Å². The van der Waals surface area contributed by atoms with E-state index >= 15 is 0 Å². The van der Waals surface area contributed by atoms with Crippen LogP contribution in [0.3, 0.4) is 0 Å². The Balaban J connectivity index is 1.02. The molecule has 54 heavy (non-hydrogen) atoms. The maximum Gasteiger partial charge on any atom is 0.187 e. The average Bonchev–Trinajstić information content (AvgIpc) is 3.53. The Morgan fingerprint density at radius 1 is 0.444 bits per heavy atom. The van der Waals surface area contributed by atoms with Crippen molar-refractivity contribution >= 4 is 5.69 Å². The first-order valence-electron chi connectivity index (χ1n) is 19.4. The molecular weight excluding hydrogens is 657 g/mol. The lowest BCUT2D eigenvalue weighted by atomic mass is 9.43. The summed E-state index contributed by atoms with van der Waals surface area (Å²) in [4.78, 5) is 18.5. The minimum absolute atomic E-state index is 0.0487. The van der Waals surface area contributed by atoms with Crippen LogP contribution in [0.4, 0.5) is 5.69 Å². The Bertz CT molecular complexity index is 2520. The summed E-state index contributed by atoms with van der Waals surface area (Å²) in [6, 6.07) is 51.7. The summed E-state index contributed by atoms with van der Waals surface area (Å²) in [5, 5.41) is 0. The van der Waals surface area contributed by atoms with E-state index in [4.69, 9.17) is 21.5 Å². The summed E-state index contributed by atoms with van der Waals surface area (Å²) in [6.07, 6.45) is 6.81. The summed E-state index contributed by atoms with van der Waals surface area (Å²) < 4.78 is 0. The van der Waals surface area contributed by atoms with Crippen LogP contribution in [0, 0.1) is 30.2 Å². The molecule has 1 aromatic heterocycles. The van der Waals surface area contributed by atoms with Crippen LogP contribution in [0.25, 0.3) is 72.4 Å². The van der Waals surface area contributed by atoms with E-state index in [1.54, 1.807) is 5.56 Å². The van der Waals surface area contributed by atoms with E-state index in [-0.39, 0.29) is 5.41 Å². The van der Waals surface area contributed by atoms with Crippen LogP contribution in [0.5, 0.6) is 0 Å². The molecule has 6 aromatic carbocycles. The monoisotopic (exact) mass is 694 g/mol. The van der Waals surface area contributed by atoms with Gasteiger partial charge in [0.1, 0.15) is 0 Å². The maximum atomic E-state index is 7.50. The first-order valence-corrected chi connectivity index (χ1v) is 19.4. The fourth-order valence-electron chi connectivity index (χ4n) is 11.1. The van der Waals surface area contributed by atoms with Gasteiger partial charge in [0, 0.05) is 22.1 Å². The molecule has 4 fully saturated rings. The van der Waals surface area contributed by atoms with Gasteiger partial charge >= 0.3 is 0 Å². The number of aromatic nitrogens is 3. The normalized spacial score (nSPS) is 22.9. The Kier molecular flexibility index (Phi) is 7.07. The van der Waals surface area contributed by atoms with Crippen molar-refractivity contribution in [3.05, 3.63) is 168 Å². The molecule has 0 saturated heterocycles. The molecule has 5 aliphatic rings. The van der Waals surface area contributed by atoms with E-state index in [1.807, 2.05) is 72.8 Å².